The van der Waals surface area contributed by atoms with E-state index < -0.39 is 0 Å². The van der Waals surface area contributed by atoms with Crippen molar-refractivity contribution in [2.24, 2.45) is 0 Å². The monoisotopic (exact) mass is 390 g/mol. The van der Waals surface area contributed by atoms with Crippen LogP contribution in [0.5, 0.6) is 0 Å². The average molecular weight is 391 g/mol. The van der Waals surface area contributed by atoms with E-state index in [-0.39, 0.29) is 5.91 Å². The third kappa shape index (κ3) is 3.64. The number of nitrogens with zero attached hydrogens (tertiary/aromatic N) is 3. The zero-order valence-corrected chi connectivity index (χ0v) is 16.4. The molecule has 3 heterocycles. The quantitative estimate of drug-likeness (QED) is 0.875. The summed E-state index contributed by atoms with van der Waals surface area (Å²) in [5.74, 6) is 0.123. The van der Waals surface area contributed by atoms with Gasteiger partial charge in [-0.3, -0.25) is 9.69 Å². The first-order valence-electron chi connectivity index (χ1n) is 9.09. The highest BCUT2D eigenvalue weighted by Gasteiger charge is 2.32. The fraction of sp³-hybridized carbons (Fsp3) is 0.474. The number of carbonyl (C=O) groups excluding carboxylic acids is 1. The van der Waals surface area contributed by atoms with Gasteiger partial charge in [0.25, 0.3) is 5.91 Å². The Balaban J connectivity index is 1.47. The molecule has 1 aromatic heterocycles. The highest BCUT2D eigenvalue weighted by Crippen LogP contribution is 2.30. The molecule has 0 bridgehead atoms. The highest BCUT2D eigenvalue weighted by atomic mass is 35.5. The summed E-state index contributed by atoms with van der Waals surface area (Å²) in [7, 11) is 0. The summed E-state index contributed by atoms with van der Waals surface area (Å²) in [6.07, 6.45) is 1.06. The standard InChI is InChI=1S/C19H23ClN4OS/c1-13-17(26-18(22-13)14-2-4-15(20)5-3-14)19(25)24-9-6-16(12-24)23-10-7-21-8-11-23/h2-5,16,21H,6-12H2,1H3. The third-order valence-electron chi connectivity index (χ3n) is 5.20. The van der Waals surface area contributed by atoms with Crippen LogP contribution in [0.3, 0.4) is 0 Å². The molecule has 5 nitrogen and oxygen atoms in total. The minimum absolute atomic E-state index is 0.123. The molecule has 2 saturated heterocycles. The summed E-state index contributed by atoms with van der Waals surface area (Å²) in [5, 5.41) is 4.97. The summed E-state index contributed by atoms with van der Waals surface area (Å²) in [6, 6.07) is 8.10. The van der Waals surface area contributed by atoms with Gasteiger partial charge in [-0.05, 0) is 25.5 Å². The fourth-order valence-electron chi connectivity index (χ4n) is 3.73. The predicted octanol–water partition coefficient (Wildman–Crippen LogP) is 2.89. The number of halogens is 1. The second kappa shape index (κ2) is 7.64. The highest BCUT2D eigenvalue weighted by molar-refractivity contribution is 7.17. The Kier molecular flexibility index (Phi) is 5.27. The van der Waals surface area contributed by atoms with Crippen molar-refractivity contribution in [3.8, 4) is 10.6 Å². The van der Waals surface area contributed by atoms with Crippen LogP contribution in [-0.2, 0) is 0 Å². The molecule has 2 aromatic rings. The van der Waals surface area contributed by atoms with Gasteiger partial charge >= 0.3 is 0 Å². The van der Waals surface area contributed by atoms with Crippen molar-refractivity contribution >= 4 is 28.8 Å². The number of carbonyl (C=O) groups is 1. The van der Waals surface area contributed by atoms with Gasteiger partial charge in [-0.1, -0.05) is 23.7 Å². The smallest absolute Gasteiger partial charge is 0.265 e. The number of nitrogens with one attached hydrogen (secondary N) is 1. The maximum absolute atomic E-state index is 13.0. The molecular formula is C19H23ClN4OS. The number of benzene rings is 1. The van der Waals surface area contributed by atoms with Crippen molar-refractivity contribution in [1.29, 1.82) is 0 Å². The number of aromatic nitrogens is 1. The van der Waals surface area contributed by atoms with Crippen LogP contribution in [0, 0.1) is 6.92 Å². The average Bonchev–Trinajstić information content (AvgIpc) is 3.30. The summed E-state index contributed by atoms with van der Waals surface area (Å²) >= 11 is 7.45. The number of hydrogen-bond donors (Lipinski definition) is 1. The Morgan fingerprint density at radius 1 is 1.23 bits per heavy atom. The summed E-state index contributed by atoms with van der Waals surface area (Å²) in [4.78, 5) is 22.9. The summed E-state index contributed by atoms with van der Waals surface area (Å²) in [6.45, 7) is 7.83. The van der Waals surface area contributed by atoms with Gasteiger partial charge < -0.3 is 10.2 Å². The molecule has 2 fully saturated rings. The van der Waals surface area contributed by atoms with Crippen LogP contribution < -0.4 is 5.32 Å². The summed E-state index contributed by atoms with van der Waals surface area (Å²) < 4.78 is 0. The van der Waals surface area contributed by atoms with Crippen LogP contribution in [0.1, 0.15) is 21.8 Å². The Hall–Kier alpha value is -1.47. The topological polar surface area (TPSA) is 48.5 Å². The van der Waals surface area contributed by atoms with E-state index in [1.807, 2.05) is 36.1 Å². The van der Waals surface area contributed by atoms with E-state index in [0.29, 0.717) is 11.1 Å². The number of piperazine rings is 1. The molecule has 138 valence electrons. The van der Waals surface area contributed by atoms with Gasteiger partial charge in [0.1, 0.15) is 9.88 Å². The van der Waals surface area contributed by atoms with Crippen LogP contribution in [0.4, 0.5) is 0 Å². The van der Waals surface area contributed by atoms with Crippen molar-refractivity contribution in [1.82, 2.24) is 20.1 Å². The van der Waals surface area contributed by atoms with E-state index in [2.05, 4.69) is 15.2 Å². The molecule has 2 aliphatic heterocycles. The van der Waals surface area contributed by atoms with E-state index >= 15 is 0 Å². The lowest BCUT2D eigenvalue weighted by Gasteiger charge is -2.32. The van der Waals surface area contributed by atoms with E-state index in [9.17, 15) is 4.79 Å². The zero-order valence-electron chi connectivity index (χ0n) is 14.9. The number of likely N-dealkylation sites (tertiary alicyclic amines) is 1. The molecule has 26 heavy (non-hydrogen) atoms. The lowest BCUT2D eigenvalue weighted by atomic mass is 10.2. The van der Waals surface area contributed by atoms with Gasteiger partial charge in [-0.15, -0.1) is 11.3 Å². The second-order valence-electron chi connectivity index (χ2n) is 6.92. The Labute approximate surface area is 163 Å². The first kappa shape index (κ1) is 17.9. The van der Waals surface area contributed by atoms with Crippen LogP contribution in [0.2, 0.25) is 5.02 Å². The van der Waals surface area contributed by atoms with E-state index in [0.717, 1.165) is 66.8 Å². The van der Waals surface area contributed by atoms with Gasteiger partial charge in [-0.25, -0.2) is 4.98 Å². The predicted molar refractivity (Wildman–Crippen MR) is 106 cm³/mol. The van der Waals surface area contributed by atoms with Crippen LogP contribution in [-0.4, -0.2) is 66.0 Å². The zero-order chi connectivity index (χ0) is 18.1. The van der Waals surface area contributed by atoms with Gasteiger partial charge in [0.15, 0.2) is 0 Å². The number of amides is 1. The molecular weight excluding hydrogens is 368 g/mol. The molecule has 0 aliphatic carbocycles. The number of hydrogen-bond acceptors (Lipinski definition) is 5. The summed E-state index contributed by atoms with van der Waals surface area (Å²) in [5.41, 5.74) is 1.82. The van der Waals surface area contributed by atoms with E-state index in [1.54, 1.807) is 0 Å². The largest absolute Gasteiger partial charge is 0.336 e. The molecule has 1 N–H and O–H groups in total. The number of thiazole rings is 1. The third-order valence-corrected chi connectivity index (χ3v) is 6.65. The van der Waals surface area contributed by atoms with E-state index in [1.165, 1.54) is 11.3 Å². The molecule has 1 amide bonds. The lowest BCUT2D eigenvalue weighted by Crippen LogP contribution is -2.49. The molecule has 0 spiro atoms. The molecule has 0 saturated carbocycles. The van der Waals surface area contributed by atoms with Gasteiger partial charge in [0.05, 0.1) is 5.69 Å². The molecule has 1 unspecified atom stereocenters. The van der Waals surface area contributed by atoms with Crippen molar-refractivity contribution in [3.05, 3.63) is 39.9 Å². The van der Waals surface area contributed by atoms with Crippen molar-refractivity contribution in [3.63, 3.8) is 0 Å². The molecule has 1 aromatic carbocycles. The van der Waals surface area contributed by atoms with Gasteiger partial charge in [0, 0.05) is 55.9 Å². The van der Waals surface area contributed by atoms with Crippen molar-refractivity contribution in [2.75, 3.05) is 39.3 Å². The van der Waals surface area contributed by atoms with Crippen molar-refractivity contribution in [2.45, 2.75) is 19.4 Å². The second-order valence-corrected chi connectivity index (χ2v) is 8.36. The minimum atomic E-state index is 0.123. The molecule has 1 atom stereocenters. The molecule has 2 aliphatic rings. The first-order valence-corrected chi connectivity index (χ1v) is 10.3. The number of aryl methyl sites for hydroxylation is 1. The Morgan fingerprint density at radius 2 is 1.96 bits per heavy atom. The van der Waals surface area contributed by atoms with Gasteiger partial charge in [0.2, 0.25) is 0 Å². The Morgan fingerprint density at radius 3 is 2.69 bits per heavy atom. The van der Waals surface area contributed by atoms with Crippen LogP contribution in [0.15, 0.2) is 24.3 Å². The van der Waals surface area contributed by atoms with Crippen molar-refractivity contribution < 1.29 is 4.79 Å². The van der Waals surface area contributed by atoms with Crippen LogP contribution in [0.25, 0.3) is 10.6 Å². The maximum Gasteiger partial charge on any atom is 0.265 e. The normalized spacial score (nSPS) is 21.3. The van der Waals surface area contributed by atoms with Gasteiger partial charge in [-0.2, -0.15) is 0 Å². The fourth-order valence-corrected chi connectivity index (χ4v) is 4.89. The molecule has 7 heteroatoms. The first-order chi connectivity index (χ1) is 12.6. The molecule has 4 rings (SSSR count). The lowest BCUT2D eigenvalue weighted by molar-refractivity contribution is 0.0777. The minimum Gasteiger partial charge on any atom is -0.336 e. The maximum atomic E-state index is 13.0. The SMILES string of the molecule is Cc1nc(-c2ccc(Cl)cc2)sc1C(=O)N1CCC(N2CCNCC2)C1. The number of rotatable bonds is 3. The molecule has 0 radical (unpaired) electrons. The Bertz CT molecular complexity index is 785. The van der Waals surface area contributed by atoms with Crippen LogP contribution >= 0.6 is 22.9 Å². The van der Waals surface area contributed by atoms with E-state index in [4.69, 9.17) is 11.6 Å².